The summed E-state index contributed by atoms with van der Waals surface area (Å²) in [6.07, 6.45) is 4.24. The highest BCUT2D eigenvalue weighted by molar-refractivity contribution is 9.10. The summed E-state index contributed by atoms with van der Waals surface area (Å²) in [6.45, 7) is 1.83. The number of benzene rings is 1. The van der Waals surface area contributed by atoms with E-state index in [1.165, 1.54) is 11.3 Å². The Morgan fingerprint density at radius 2 is 2.11 bits per heavy atom. The number of aliphatic hydroxyl groups is 1. The lowest BCUT2D eigenvalue weighted by atomic mass is 10.2. The van der Waals surface area contributed by atoms with Gasteiger partial charge in [-0.25, -0.2) is 4.98 Å². The maximum atomic E-state index is 9.99. The van der Waals surface area contributed by atoms with Crippen LogP contribution in [0.25, 0.3) is 6.08 Å². The van der Waals surface area contributed by atoms with Gasteiger partial charge < -0.3 is 9.84 Å². The van der Waals surface area contributed by atoms with Crippen molar-refractivity contribution in [2.45, 2.75) is 19.1 Å². The van der Waals surface area contributed by atoms with Crippen LogP contribution in [0.4, 0.5) is 0 Å². The van der Waals surface area contributed by atoms with Crippen molar-refractivity contribution < 1.29 is 9.84 Å². The Morgan fingerprint density at radius 3 is 2.74 bits per heavy atom. The highest BCUT2D eigenvalue weighted by Gasteiger charge is 2.12. The van der Waals surface area contributed by atoms with E-state index in [9.17, 15) is 5.11 Å². The average Bonchev–Trinajstić information content (AvgIpc) is 2.91. The van der Waals surface area contributed by atoms with Crippen molar-refractivity contribution in [2.24, 2.45) is 0 Å². The predicted octanol–water partition coefficient (Wildman–Crippen LogP) is 3.75. The SMILES string of the molecule is C[C@H](Oc1ccc(Br)cc1)C(O)C=Cc1nccs1. The maximum absolute atomic E-state index is 9.99. The Kier molecular flexibility index (Phi) is 5.13. The molecule has 1 heterocycles. The molecule has 0 spiro atoms. The van der Waals surface area contributed by atoms with Crippen molar-refractivity contribution in [1.82, 2.24) is 4.98 Å². The average molecular weight is 340 g/mol. The Balaban J connectivity index is 1.92. The van der Waals surface area contributed by atoms with Crippen molar-refractivity contribution in [1.29, 1.82) is 0 Å². The lowest BCUT2D eigenvalue weighted by Gasteiger charge is -2.17. The van der Waals surface area contributed by atoms with E-state index < -0.39 is 6.10 Å². The van der Waals surface area contributed by atoms with Gasteiger partial charge in [0.25, 0.3) is 0 Å². The van der Waals surface area contributed by atoms with Gasteiger partial charge in [0, 0.05) is 16.0 Å². The van der Waals surface area contributed by atoms with Gasteiger partial charge >= 0.3 is 0 Å². The number of hydrogen-bond donors (Lipinski definition) is 1. The Labute approximate surface area is 124 Å². The molecule has 3 nitrogen and oxygen atoms in total. The number of ether oxygens (including phenoxy) is 1. The first-order valence-electron chi connectivity index (χ1n) is 5.83. The lowest BCUT2D eigenvalue weighted by Crippen LogP contribution is -2.26. The number of aliphatic hydroxyl groups excluding tert-OH is 1. The van der Waals surface area contributed by atoms with Crippen LogP contribution in [0.3, 0.4) is 0 Å². The topological polar surface area (TPSA) is 42.4 Å². The van der Waals surface area contributed by atoms with Gasteiger partial charge in [0.05, 0.1) is 0 Å². The molecular weight excluding hydrogens is 326 g/mol. The van der Waals surface area contributed by atoms with Gasteiger partial charge in [-0.2, -0.15) is 0 Å². The van der Waals surface area contributed by atoms with Gasteiger partial charge in [0.15, 0.2) is 0 Å². The van der Waals surface area contributed by atoms with Crippen molar-refractivity contribution in [2.75, 3.05) is 0 Å². The van der Waals surface area contributed by atoms with Gasteiger partial charge in [-0.15, -0.1) is 11.3 Å². The first-order valence-corrected chi connectivity index (χ1v) is 7.50. The Hall–Kier alpha value is -1.17. The minimum Gasteiger partial charge on any atom is -0.488 e. The highest BCUT2D eigenvalue weighted by Crippen LogP contribution is 2.18. The van der Waals surface area contributed by atoms with Crippen molar-refractivity contribution in [3.63, 3.8) is 0 Å². The summed E-state index contributed by atoms with van der Waals surface area (Å²) in [4.78, 5) is 4.12. The molecule has 0 fully saturated rings. The van der Waals surface area contributed by atoms with E-state index in [1.54, 1.807) is 18.3 Å². The summed E-state index contributed by atoms with van der Waals surface area (Å²) < 4.78 is 6.66. The molecule has 2 rings (SSSR count). The van der Waals surface area contributed by atoms with Gasteiger partial charge in [-0.05, 0) is 43.3 Å². The quantitative estimate of drug-likeness (QED) is 0.901. The zero-order valence-corrected chi connectivity index (χ0v) is 12.8. The molecule has 1 unspecified atom stereocenters. The maximum Gasteiger partial charge on any atom is 0.125 e. The van der Waals surface area contributed by atoms with Gasteiger partial charge in [0.2, 0.25) is 0 Å². The van der Waals surface area contributed by atoms with Gasteiger partial charge in [-0.3, -0.25) is 0 Å². The van der Waals surface area contributed by atoms with Crippen LogP contribution < -0.4 is 4.74 Å². The van der Waals surface area contributed by atoms with E-state index in [-0.39, 0.29) is 6.10 Å². The molecule has 19 heavy (non-hydrogen) atoms. The predicted molar refractivity (Wildman–Crippen MR) is 81.4 cm³/mol. The monoisotopic (exact) mass is 339 g/mol. The summed E-state index contributed by atoms with van der Waals surface area (Å²) in [5.74, 6) is 0.734. The lowest BCUT2D eigenvalue weighted by molar-refractivity contribution is 0.0799. The van der Waals surface area contributed by atoms with E-state index in [1.807, 2.05) is 36.6 Å². The number of thiazole rings is 1. The molecule has 1 N–H and O–H groups in total. The van der Waals surface area contributed by atoms with Crippen LogP contribution in [0.5, 0.6) is 5.75 Å². The van der Waals surface area contributed by atoms with E-state index >= 15 is 0 Å². The molecule has 100 valence electrons. The first-order chi connectivity index (χ1) is 9.15. The zero-order chi connectivity index (χ0) is 13.7. The van der Waals surface area contributed by atoms with Crippen molar-refractivity contribution in [3.8, 4) is 5.75 Å². The largest absolute Gasteiger partial charge is 0.488 e. The van der Waals surface area contributed by atoms with E-state index in [0.29, 0.717) is 0 Å². The third-order valence-corrected chi connectivity index (χ3v) is 3.77. The molecule has 0 radical (unpaired) electrons. The minimum absolute atomic E-state index is 0.322. The summed E-state index contributed by atoms with van der Waals surface area (Å²) in [7, 11) is 0. The van der Waals surface area contributed by atoms with Crippen LogP contribution >= 0.6 is 27.3 Å². The molecule has 0 amide bonds. The molecule has 0 saturated carbocycles. The van der Waals surface area contributed by atoms with E-state index in [0.717, 1.165) is 15.2 Å². The minimum atomic E-state index is -0.674. The fourth-order valence-corrected chi connectivity index (χ4v) is 2.26. The highest BCUT2D eigenvalue weighted by atomic mass is 79.9. The van der Waals surface area contributed by atoms with E-state index in [2.05, 4.69) is 20.9 Å². The number of aromatic nitrogens is 1. The second-order valence-electron chi connectivity index (χ2n) is 4.00. The van der Waals surface area contributed by atoms with Gasteiger partial charge in [-0.1, -0.05) is 15.9 Å². The standard InChI is InChI=1S/C14H14BrNO2S/c1-10(18-12-4-2-11(15)3-5-12)13(17)6-7-14-16-8-9-19-14/h2-10,13,17H,1H3/t10-,13?/m0/s1. The second kappa shape index (κ2) is 6.84. The van der Waals surface area contributed by atoms with Crippen LogP contribution in [0.15, 0.2) is 46.4 Å². The molecule has 0 aliphatic heterocycles. The third-order valence-electron chi connectivity index (χ3n) is 2.50. The molecule has 1 aromatic heterocycles. The molecule has 5 heteroatoms. The van der Waals surface area contributed by atoms with Crippen LogP contribution in [-0.2, 0) is 0 Å². The van der Waals surface area contributed by atoms with Crippen LogP contribution in [0, 0.1) is 0 Å². The van der Waals surface area contributed by atoms with E-state index in [4.69, 9.17) is 4.74 Å². The third kappa shape index (κ3) is 4.45. The normalized spacial score (nSPS) is 14.5. The number of rotatable bonds is 5. The molecule has 0 bridgehead atoms. The molecule has 2 aromatic rings. The summed E-state index contributed by atoms with van der Waals surface area (Å²) >= 11 is 4.89. The zero-order valence-electron chi connectivity index (χ0n) is 10.4. The van der Waals surface area contributed by atoms with Crippen LogP contribution in [0.2, 0.25) is 0 Å². The summed E-state index contributed by atoms with van der Waals surface area (Å²) in [6, 6.07) is 7.52. The summed E-state index contributed by atoms with van der Waals surface area (Å²) in [5.41, 5.74) is 0. The Morgan fingerprint density at radius 1 is 1.37 bits per heavy atom. The number of halogens is 1. The molecule has 2 atom stereocenters. The number of nitrogens with zero attached hydrogens (tertiary/aromatic N) is 1. The molecule has 0 saturated heterocycles. The molecule has 1 aromatic carbocycles. The number of hydrogen-bond acceptors (Lipinski definition) is 4. The molecule has 0 aliphatic carbocycles. The van der Waals surface area contributed by atoms with Gasteiger partial charge in [0.1, 0.15) is 23.0 Å². The molecular formula is C14H14BrNO2S. The molecule has 0 aliphatic rings. The second-order valence-corrected chi connectivity index (χ2v) is 5.84. The first kappa shape index (κ1) is 14.2. The fraction of sp³-hybridized carbons (Fsp3) is 0.214. The van der Waals surface area contributed by atoms with Crippen LogP contribution in [0.1, 0.15) is 11.9 Å². The fourth-order valence-electron chi connectivity index (χ4n) is 1.45. The van der Waals surface area contributed by atoms with Crippen molar-refractivity contribution >= 4 is 33.3 Å². The van der Waals surface area contributed by atoms with Crippen molar-refractivity contribution in [3.05, 3.63) is 51.4 Å². The summed E-state index contributed by atoms with van der Waals surface area (Å²) in [5, 5.41) is 12.8. The van der Waals surface area contributed by atoms with Crippen LogP contribution in [-0.4, -0.2) is 22.3 Å². The smallest absolute Gasteiger partial charge is 0.125 e. The Bertz CT molecular complexity index is 525.